The van der Waals surface area contributed by atoms with Crippen LogP contribution in [0.5, 0.6) is 0 Å². The summed E-state index contributed by atoms with van der Waals surface area (Å²) in [5.41, 5.74) is 3.96. The molecule has 0 aromatic heterocycles. The molecule has 21 heavy (non-hydrogen) atoms. The van der Waals surface area contributed by atoms with E-state index in [1.54, 1.807) is 0 Å². The molecule has 1 aromatic carbocycles. The van der Waals surface area contributed by atoms with E-state index in [0.29, 0.717) is 19.0 Å². The summed E-state index contributed by atoms with van der Waals surface area (Å²) in [4.78, 5) is 19.2. The van der Waals surface area contributed by atoms with Gasteiger partial charge in [-0.2, -0.15) is 0 Å². The van der Waals surface area contributed by atoms with E-state index in [1.165, 1.54) is 16.8 Å². The van der Waals surface area contributed by atoms with Gasteiger partial charge in [-0.1, -0.05) is 12.1 Å². The molecule has 0 N–H and O–H groups in total. The van der Waals surface area contributed by atoms with Gasteiger partial charge in [0.25, 0.3) is 0 Å². The Kier molecular flexibility index (Phi) is 3.12. The first-order valence-electron chi connectivity index (χ1n) is 7.65. The van der Waals surface area contributed by atoms with E-state index in [4.69, 9.17) is 9.57 Å². The van der Waals surface area contributed by atoms with E-state index in [2.05, 4.69) is 30.0 Å². The maximum absolute atomic E-state index is 11.5. The third-order valence-corrected chi connectivity index (χ3v) is 4.72. The number of ether oxygens (including phenoxy) is 1. The van der Waals surface area contributed by atoms with Crippen molar-refractivity contribution in [3.05, 3.63) is 29.3 Å². The highest BCUT2D eigenvalue weighted by molar-refractivity contribution is 5.72. The number of fused-ring (bicyclic) bond motifs is 2. The number of hydrogen-bond acceptors (Lipinski definition) is 5. The van der Waals surface area contributed by atoms with Gasteiger partial charge in [-0.3, -0.25) is 4.79 Å². The van der Waals surface area contributed by atoms with Crippen LogP contribution >= 0.6 is 0 Å². The molecule has 2 fully saturated rings. The molecule has 5 heteroatoms. The van der Waals surface area contributed by atoms with E-state index in [-0.39, 0.29) is 12.0 Å². The van der Waals surface area contributed by atoms with Gasteiger partial charge in [0, 0.05) is 18.3 Å². The summed E-state index contributed by atoms with van der Waals surface area (Å²) in [6.45, 7) is 5.40. The van der Waals surface area contributed by atoms with E-state index in [0.717, 1.165) is 26.2 Å². The van der Waals surface area contributed by atoms with Crippen LogP contribution in [-0.2, 0) is 27.3 Å². The number of anilines is 1. The first-order chi connectivity index (χ1) is 10.2. The van der Waals surface area contributed by atoms with Crippen LogP contribution in [0.3, 0.4) is 0 Å². The number of hydroxylamine groups is 2. The Hall–Kier alpha value is -1.59. The summed E-state index contributed by atoms with van der Waals surface area (Å²) >= 11 is 0. The molecule has 5 nitrogen and oxygen atoms in total. The van der Waals surface area contributed by atoms with Crippen LogP contribution < -0.4 is 4.90 Å². The molecule has 3 aliphatic rings. The normalized spacial score (nSPS) is 29.0. The van der Waals surface area contributed by atoms with Crippen molar-refractivity contribution in [2.24, 2.45) is 0 Å². The zero-order chi connectivity index (χ0) is 14.4. The maximum atomic E-state index is 11.5. The molecule has 0 spiro atoms. The molecule has 0 unspecified atom stereocenters. The molecule has 3 heterocycles. The molecule has 4 rings (SSSR count). The molecule has 2 saturated heterocycles. The Morgan fingerprint density at radius 2 is 2.19 bits per heavy atom. The number of rotatable bonds is 1. The van der Waals surface area contributed by atoms with Crippen LogP contribution in [0.1, 0.15) is 24.5 Å². The number of morpholine rings is 1. The minimum Gasteiger partial charge on any atom is -0.377 e. The summed E-state index contributed by atoms with van der Waals surface area (Å²) in [6, 6.07) is 7.04. The van der Waals surface area contributed by atoms with Crippen LogP contribution in [-0.4, -0.2) is 42.9 Å². The fourth-order valence-electron chi connectivity index (χ4n) is 3.63. The fraction of sp³-hybridized carbons (Fsp3) is 0.562. The molecule has 0 saturated carbocycles. The van der Waals surface area contributed by atoms with Crippen molar-refractivity contribution in [1.29, 1.82) is 0 Å². The van der Waals surface area contributed by atoms with E-state index < -0.39 is 0 Å². The van der Waals surface area contributed by atoms with Crippen molar-refractivity contribution in [1.82, 2.24) is 5.06 Å². The van der Waals surface area contributed by atoms with Gasteiger partial charge in [-0.25, -0.2) is 0 Å². The molecule has 0 bridgehead atoms. The first-order valence-corrected chi connectivity index (χ1v) is 7.65. The monoisotopic (exact) mass is 288 g/mol. The average molecular weight is 288 g/mol. The lowest BCUT2D eigenvalue weighted by molar-refractivity contribution is -0.179. The Morgan fingerprint density at radius 1 is 1.29 bits per heavy atom. The Labute approximate surface area is 124 Å². The molecule has 112 valence electrons. The SMILES string of the molecule is C[C@@H]1COCCN1c1cccc2c1C[C@@H]1CC(=O)ON1C2. The number of hydrogen-bond donors (Lipinski definition) is 0. The topological polar surface area (TPSA) is 42.0 Å². The second-order valence-electron chi connectivity index (χ2n) is 6.13. The predicted octanol–water partition coefficient (Wildman–Crippen LogP) is 1.50. The zero-order valence-corrected chi connectivity index (χ0v) is 12.2. The molecule has 1 aromatic rings. The standard InChI is InChI=1S/C16H20N2O3/c1-11-10-20-6-5-17(11)15-4-2-3-12-9-18-13(7-14(12)15)8-16(19)21-18/h2-4,11,13H,5-10H2,1H3/t11-,13-/m1/s1. The minimum absolute atomic E-state index is 0.103. The highest BCUT2D eigenvalue weighted by Crippen LogP contribution is 2.36. The highest BCUT2D eigenvalue weighted by Gasteiger charge is 2.38. The summed E-state index contributed by atoms with van der Waals surface area (Å²) in [7, 11) is 0. The number of carbonyl (C=O) groups is 1. The van der Waals surface area contributed by atoms with Gasteiger partial charge < -0.3 is 14.5 Å². The number of nitrogens with zero attached hydrogens (tertiary/aromatic N) is 2. The average Bonchev–Trinajstić information content (AvgIpc) is 2.84. The third kappa shape index (κ3) is 2.21. The van der Waals surface area contributed by atoms with Crippen LogP contribution in [0.15, 0.2) is 18.2 Å². The lowest BCUT2D eigenvalue weighted by Gasteiger charge is -2.39. The van der Waals surface area contributed by atoms with Gasteiger partial charge >= 0.3 is 5.97 Å². The van der Waals surface area contributed by atoms with E-state index >= 15 is 0 Å². The fourth-order valence-corrected chi connectivity index (χ4v) is 3.63. The molecule has 3 aliphatic heterocycles. The second-order valence-corrected chi connectivity index (χ2v) is 6.13. The quantitative estimate of drug-likeness (QED) is 0.783. The lowest BCUT2D eigenvalue weighted by atomic mass is 9.92. The molecule has 0 amide bonds. The lowest BCUT2D eigenvalue weighted by Crippen LogP contribution is -2.45. The molecule has 0 radical (unpaired) electrons. The van der Waals surface area contributed by atoms with Gasteiger partial charge in [-0.15, -0.1) is 5.06 Å². The van der Waals surface area contributed by atoms with Crippen molar-refractivity contribution in [3.8, 4) is 0 Å². The Morgan fingerprint density at radius 3 is 3.05 bits per heavy atom. The van der Waals surface area contributed by atoms with Crippen molar-refractivity contribution >= 4 is 11.7 Å². The predicted molar refractivity (Wildman–Crippen MR) is 77.8 cm³/mol. The van der Waals surface area contributed by atoms with Gasteiger partial charge in [0.15, 0.2) is 0 Å². The van der Waals surface area contributed by atoms with Crippen molar-refractivity contribution in [2.75, 3.05) is 24.7 Å². The second kappa shape index (κ2) is 5.00. The van der Waals surface area contributed by atoms with Crippen LogP contribution in [0, 0.1) is 0 Å². The van der Waals surface area contributed by atoms with Crippen molar-refractivity contribution < 1.29 is 14.4 Å². The summed E-state index contributed by atoms with van der Waals surface area (Å²) < 4.78 is 5.55. The van der Waals surface area contributed by atoms with Gasteiger partial charge in [-0.05, 0) is 30.5 Å². The first kappa shape index (κ1) is 13.1. The zero-order valence-electron chi connectivity index (χ0n) is 12.2. The van der Waals surface area contributed by atoms with E-state index in [1.807, 2.05) is 5.06 Å². The van der Waals surface area contributed by atoms with E-state index in [9.17, 15) is 4.79 Å². The summed E-state index contributed by atoms with van der Waals surface area (Å²) in [6.07, 6.45) is 1.40. The third-order valence-electron chi connectivity index (χ3n) is 4.72. The van der Waals surface area contributed by atoms with Gasteiger partial charge in [0.1, 0.15) is 0 Å². The van der Waals surface area contributed by atoms with Crippen molar-refractivity contribution in [2.45, 2.75) is 38.4 Å². The smallest absolute Gasteiger partial charge is 0.326 e. The van der Waals surface area contributed by atoms with Gasteiger partial charge in [0.2, 0.25) is 0 Å². The molecule has 2 atom stereocenters. The largest absolute Gasteiger partial charge is 0.377 e. The van der Waals surface area contributed by atoms with Crippen molar-refractivity contribution in [3.63, 3.8) is 0 Å². The van der Waals surface area contributed by atoms with Gasteiger partial charge in [0.05, 0.1) is 32.2 Å². The minimum atomic E-state index is -0.103. The molecular formula is C16H20N2O3. The summed E-state index contributed by atoms with van der Waals surface area (Å²) in [5.74, 6) is -0.103. The molecule has 0 aliphatic carbocycles. The van der Waals surface area contributed by atoms with Crippen LogP contribution in [0.2, 0.25) is 0 Å². The Balaban J connectivity index is 1.68. The Bertz CT molecular complexity index is 575. The van der Waals surface area contributed by atoms with Crippen LogP contribution in [0.25, 0.3) is 0 Å². The number of benzene rings is 1. The highest BCUT2D eigenvalue weighted by atomic mass is 16.7. The number of carbonyl (C=O) groups excluding carboxylic acids is 1. The molecular weight excluding hydrogens is 268 g/mol. The van der Waals surface area contributed by atoms with Crippen LogP contribution in [0.4, 0.5) is 5.69 Å². The summed E-state index contributed by atoms with van der Waals surface area (Å²) in [5, 5.41) is 1.84. The maximum Gasteiger partial charge on any atom is 0.326 e.